The average molecular weight is 316 g/mol. The average Bonchev–Trinajstić information content (AvgIpc) is 2.80. The van der Waals surface area contributed by atoms with Crippen LogP contribution in [-0.4, -0.2) is 11.3 Å². The van der Waals surface area contributed by atoms with E-state index in [2.05, 4.69) is 15.0 Å². The van der Waals surface area contributed by atoms with E-state index in [1.54, 1.807) is 29.0 Å². The smallest absolute Gasteiger partial charge is 0.406 e. The summed E-state index contributed by atoms with van der Waals surface area (Å²) in [7, 11) is 0. The molecule has 1 atom stereocenters. The first-order valence-electron chi connectivity index (χ1n) is 6.33. The van der Waals surface area contributed by atoms with E-state index >= 15 is 0 Å². The predicted octanol–water partition coefficient (Wildman–Crippen LogP) is 4.20. The number of hydrogen-bond donors (Lipinski definition) is 1. The summed E-state index contributed by atoms with van der Waals surface area (Å²) in [6.07, 6.45) is -4.66. The number of ether oxygens (including phenoxy) is 1. The van der Waals surface area contributed by atoms with Crippen LogP contribution in [0.1, 0.15) is 29.1 Å². The topological polar surface area (TPSA) is 34.2 Å². The number of nitrogens with zero attached hydrogens (tertiary/aromatic N) is 1. The third-order valence-corrected chi connectivity index (χ3v) is 3.96. The molecular weight excluding hydrogens is 301 g/mol. The van der Waals surface area contributed by atoms with Crippen LogP contribution < -0.4 is 10.1 Å². The van der Waals surface area contributed by atoms with Gasteiger partial charge in [0, 0.05) is 17.5 Å². The summed E-state index contributed by atoms with van der Waals surface area (Å²) in [6, 6.07) is 5.90. The Bertz CT molecular complexity index is 581. The Labute approximate surface area is 124 Å². The fraction of sp³-hybridized carbons (Fsp3) is 0.357. The maximum Gasteiger partial charge on any atom is 0.573 e. The summed E-state index contributed by atoms with van der Waals surface area (Å²) in [4.78, 5) is 5.32. The molecule has 1 aromatic heterocycles. The Balaban J connectivity index is 1.93. The molecule has 7 heteroatoms. The SMILES string of the molecule is Cc1ncsc1CNC(C)c1ccc(OC(F)(F)F)cc1. The van der Waals surface area contributed by atoms with Gasteiger partial charge in [0.2, 0.25) is 0 Å². The van der Waals surface area contributed by atoms with Crippen molar-refractivity contribution in [3.05, 3.63) is 45.9 Å². The molecule has 0 aliphatic rings. The van der Waals surface area contributed by atoms with Crippen molar-refractivity contribution in [2.24, 2.45) is 0 Å². The van der Waals surface area contributed by atoms with Crippen molar-refractivity contribution in [2.45, 2.75) is 32.8 Å². The largest absolute Gasteiger partial charge is 0.573 e. The van der Waals surface area contributed by atoms with Crippen LogP contribution in [0.15, 0.2) is 29.8 Å². The number of alkyl halides is 3. The molecule has 2 rings (SSSR count). The zero-order chi connectivity index (χ0) is 15.5. The summed E-state index contributed by atoms with van der Waals surface area (Å²) in [5.41, 5.74) is 3.68. The van der Waals surface area contributed by atoms with Gasteiger partial charge >= 0.3 is 6.36 Å². The molecule has 0 spiro atoms. The van der Waals surface area contributed by atoms with Crippen molar-refractivity contribution < 1.29 is 17.9 Å². The minimum atomic E-state index is -4.66. The second-order valence-corrected chi connectivity index (χ2v) is 5.52. The van der Waals surface area contributed by atoms with Gasteiger partial charge < -0.3 is 10.1 Å². The van der Waals surface area contributed by atoms with Gasteiger partial charge in [-0.25, -0.2) is 4.98 Å². The van der Waals surface area contributed by atoms with E-state index in [1.807, 2.05) is 13.8 Å². The van der Waals surface area contributed by atoms with Gasteiger partial charge in [0.1, 0.15) is 5.75 Å². The van der Waals surface area contributed by atoms with E-state index in [4.69, 9.17) is 0 Å². The number of benzene rings is 1. The second-order valence-electron chi connectivity index (χ2n) is 4.58. The highest BCUT2D eigenvalue weighted by molar-refractivity contribution is 7.09. The lowest BCUT2D eigenvalue weighted by molar-refractivity contribution is -0.274. The number of aromatic nitrogens is 1. The summed E-state index contributed by atoms with van der Waals surface area (Å²) < 4.78 is 40.1. The van der Waals surface area contributed by atoms with Crippen LogP contribution in [0.4, 0.5) is 13.2 Å². The van der Waals surface area contributed by atoms with Crippen molar-refractivity contribution in [2.75, 3.05) is 0 Å². The first-order valence-corrected chi connectivity index (χ1v) is 7.21. The van der Waals surface area contributed by atoms with Crippen LogP contribution in [0.2, 0.25) is 0 Å². The minimum Gasteiger partial charge on any atom is -0.406 e. The van der Waals surface area contributed by atoms with Gasteiger partial charge in [-0.3, -0.25) is 0 Å². The monoisotopic (exact) mass is 316 g/mol. The third kappa shape index (κ3) is 4.71. The molecule has 0 radical (unpaired) electrons. The number of thiazole rings is 1. The van der Waals surface area contributed by atoms with E-state index in [-0.39, 0.29) is 11.8 Å². The standard InChI is InChI=1S/C14H15F3N2OS/c1-9(18-7-13-10(2)19-8-21-13)11-3-5-12(6-4-11)20-14(15,16)17/h3-6,8-9,18H,7H2,1-2H3. The third-order valence-electron chi connectivity index (χ3n) is 3.03. The number of rotatable bonds is 5. The van der Waals surface area contributed by atoms with Gasteiger partial charge in [0.15, 0.2) is 0 Å². The molecule has 21 heavy (non-hydrogen) atoms. The molecule has 1 aromatic carbocycles. The maximum atomic E-state index is 12.1. The fourth-order valence-corrected chi connectivity index (χ4v) is 2.55. The molecule has 1 N–H and O–H groups in total. The summed E-state index contributed by atoms with van der Waals surface area (Å²) in [6.45, 7) is 4.58. The molecule has 0 aliphatic heterocycles. The zero-order valence-corrected chi connectivity index (χ0v) is 12.4. The van der Waals surface area contributed by atoms with Gasteiger partial charge in [0.05, 0.1) is 11.2 Å². The van der Waals surface area contributed by atoms with Gasteiger partial charge in [-0.1, -0.05) is 12.1 Å². The Morgan fingerprint density at radius 3 is 2.48 bits per heavy atom. The summed E-state index contributed by atoms with van der Waals surface area (Å²) >= 11 is 1.58. The molecule has 1 unspecified atom stereocenters. The van der Waals surface area contributed by atoms with E-state index in [9.17, 15) is 13.2 Å². The number of hydrogen-bond acceptors (Lipinski definition) is 4. The van der Waals surface area contributed by atoms with Gasteiger partial charge in [-0.15, -0.1) is 24.5 Å². The highest BCUT2D eigenvalue weighted by Crippen LogP contribution is 2.24. The van der Waals surface area contributed by atoms with Crippen molar-refractivity contribution in [1.29, 1.82) is 0 Å². The number of aryl methyl sites for hydroxylation is 1. The molecule has 0 saturated carbocycles. The van der Waals surface area contributed by atoms with Crippen molar-refractivity contribution in [3.63, 3.8) is 0 Å². The van der Waals surface area contributed by atoms with E-state index in [1.165, 1.54) is 12.1 Å². The van der Waals surface area contributed by atoms with Gasteiger partial charge in [-0.05, 0) is 31.5 Å². The van der Waals surface area contributed by atoms with Crippen LogP contribution in [-0.2, 0) is 6.54 Å². The molecule has 0 bridgehead atoms. The Kier molecular flexibility index (Phi) is 4.84. The Hall–Kier alpha value is -1.60. The molecule has 1 heterocycles. The van der Waals surface area contributed by atoms with Crippen LogP contribution >= 0.6 is 11.3 Å². The van der Waals surface area contributed by atoms with E-state index in [0.717, 1.165) is 16.1 Å². The van der Waals surface area contributed by atoms with E-state index < -0.39 is 6.36 Å². The van der Waals surface area contributed by atoms with Gasteiger partial charge in [0.25, 0.3) is 0 Å². The minimum absolute atomic E-state index is 0.0198. The van der Waals surface area contributed by atoms with Crippen LogP contribution in [0.3, 0.4) is 0 Å². The predicted molar refractivity (Wildman–Crippen MR) is 75.2 cm³/mol. The van der Waals surface area contributed by atoms with Crippen LogP contribution in [0, 0.1) is 6.92 Å². The Morgan fingerprint density at radius 1 is 1.29 bits per heavy atom. The fourth-order valence-electron chi connectivity index (χ4n) is 1.82. The molecule has 0 fully saturated rings. The highest BCUT2D eigenvalue weighted by Gasteiger charge is 2.30. The van der Waals surface area contributed by atoms with Crippen molar-refractivity contribution in [3.8, 4) is 5.75 Å². The second kappa shape index (κ2) is 6.44. The molecule has 114 valence electrons. The normalized spacial score (nSPS) is 13.2. The lowest BCUT2D eigenvalue weighted by Crippen LogP contribution is -2.19. The molecule has 3 nitrogen and oxygen atoms in total. The first kappa shape index (κ1) is 15.8. The summed E-state index contributed by atoms with van der Waals surface area (Å²) in [5, 5.41) is 3.32. The summed E-state index contributed by atoms with van der Waals surface area (Å²) in [5.74, 6) is -0.211. The lowest BCUT2D eigenvalue weighted by atomic mass is 10.1. The molecule has 0 aliphatic carbocycles. The number of halogens is 3. The maximum absolute atomic E-state index is 12.1. The zero-order valence-electron chi connectivity index (χ0n) is 11.6. The molecule has 2 aromatic rings. The van der Waals surface area contributed by atoms with Crippen molar-refractivity contribution >= 4 is 11.3 Å². The lowest BCUT2D eigenvalue weighted by Gasteiger charge is -2.15. The van der Waals surface area contributed by atoms with Crippen molar-refractivity contribution in [1.82, 2.24) is 10.3 Å². The van der Waals surface area contributed by atoms with Gasteiger partial charge in [-0.2, -0.15) is 0 Å². The number of nitrogens with one attached hydrogen (secondary N) is 1. The first-order chi connectivity index (χ1) is 9.85. The Morgan fingerprint density at radius 2 is 1.95 bits per heavy atom. The molecule has 0 amide bonds. The highest BCUT2D eigenvalue weighted by atomic mass is 32.1. The van der Waals surface area contributed by atoms with E-state index in [0.29, 0.717) is 6.54 Å². The quantitative estimate of drug-likeness (QED) is 0.897. The van der Waals surface area contributed by atoms with Crippen LogP contribution in [0.5, 0.6) is 5.75 Å². The molecule has 0 saturated heterocycles. The molecular formula is C14H15F3N2OS. The van der Waals surface area contributed by atoms with Crippen LogP contribution in [0.25, 0.3) is 0 Å².